The van der Waals surface area contributed by atoms with Gasteiger partial charge in [-0.2, -0.15) is 0 Å². The molecule has 1 heterocycles. The minimum absolute atomic E-state index is 0. The highest BCUT2D eigenvalue weighted by Gasteiger charge is 2.17. The van der Waals surface area contributed by atoms with E-state index in [2.05, 4.69) is 22.8 Å². The van der Waals surface area contributed by atoms with Crippen LogP contribution in [0.4, 0.5) is 0 Å². The number of hydrogen-bond donors (Lipinski definition) is 2. The Hall–Kier alpha value is -1.06. The first-order valence-corrected chi connectivity index (χ1v) is 4.88. The van der Waals surface area contributed by atoms with Crippen LogP contribution < -0.4 is 10.6 Å². The number of halogens is 1. The second-order valence-corrected chi connectivity index (χ2v) is 3.59. The van der Waals surface area contributed by atoms with E-state index in [-0.39, 0.29) is 24.4 Å². The van der Waals surface area contributed by atoms with Gasteiger partial charge in [-0.1, -0.05) is 30.3 Å². The Labute approximate surface area is 95.7 Å². The van der Waals surface area contributed by atoms with Crippen LogP contribution in [-0.4, -0.2) is 25.0 Å². The molecule has 0 bridgehead atoms. The molecule has 1 aliphatic rings. The maximum Gasteiger partial charge on any atom is 0.234 e. The van der Waals surface area contributed by atoms with Crippen LogP contribution in [0.2, 0.25) is 0 Å². The van der Waals surface area contributed by atoms with Crippen molar-refractivity contribution in [2.24, 2.45) is 0 Å². The van der Waals surface area contributed by atoms with Crippen molar-refractivity contribution in [3.63, 3.8) is 0 Å². The van der Waals surface area contributed by atoms with Crippen LogP contribution in [0.25, 0.3) is 0 Å². The number of rotatable bonds is 2. The highest BCUT2D eigenvalue weighted by atomic mass is 35.5. The molecule has 0 aliphatic carbocycles. The summed E-state index contributed by atoms with van der Waals surface area (Å²) in [5, 5.41) is 6.06. The van der Waals surface area contributed by atoms with Crippen LogP contribution in [0.5, 0.6) is 0 Å². The predicted octanol–water partition coefficient (Wildman–Crippen LogP) is 0.739. The summed E-state index contributed by atoms with van der Waals surface area (Å²) >= 11 is 0. The molecule has 2 rings (SSSR count). The van der Waals surface area contributed by atoms with Crippen molar-refractivity contribution in [3.05, 3.63) is 35.9 Å². The summed E-state index contributed by atoms with van der Waals surface area (Å²) in [5.41, 5.74) is 1.27. The number of hydrogen-bond acceptors (Lipinski definition) is 2. The van der Waals surface area contributed by atoms with E-state index in [4.69, 9.17) is 0 Å². The summed E-state index contributed by atoms with van der Waals surface area (Å²) in [5.74, 6) is 0.0946. The number of carbonyl (C=O) groups excluding carboxylic acids is 1. The number of amides is 1. The van der Waals surface area contributed by atoms with Crippen LogP contribution in [0.3, 0.4) is 0 Å². The smallest absolute Gasteiger partial charge is 0.234 e. The lowest BCUT2D eigenvalue weighted by molar-refractivity contribution is -0.122. The maximum absolute atomic E-state index is 11.1. The fourth-order valence-electron chi connectivity index (χ4n) is 1.71. The minimum atomic E-state index is 0. The summed E-state index contributed by atoms with van der Waals surface area (Å²) in [6.07, 6.45) is 0.902. The van der Waals surface area contributed by atoms with Gasteiger partial charge in [0.2, 0.25) is 5.91 Å². The van der Waals surface area contributed by atoms with Gasteiger partial charge in [-0.05, 0) is 12.0 Å². The fraction of sp³-hybridized carbons (Fsp3) is 0.364. The van der Waals surface area contributed by atoms with E-state index in [1.165, 1.54) is 5.56 Å². The molecule has 3 nitrogen and oxygen atoms in total. The van der Waals surface area contributed by atoms with Gasteiger partial charge < -0.3 is 10.6 Å². The van der Waals surface area contributed by atoms with Crippen molar-refractivity contribution >= 4 is 18.3 Å². The number of nitrogens with one attached hydrogen (secondary N) is 2. The molecule has 0 unspecified atom stereocenters. The Bertz CT molecular complexity index is 316. The zero-order chi connectivity index (χ0) is 9.80. The van der Waals surface area contributed by atoms with Gasteiger partial charge in [0, 0.05) is 12.6 Å². The molecule has 1 amide bonds. The molecule has 1 aromatic carbocycles. The second-order valence-electron chi connectivity index (χ2n) is 3.59. The standard InChI is InChI=1S/C11H14N2O.ClH/c14-11-8-12-7-10(13-11)6-9-4-2-1-3-5-9;/h1-5,10,12H,6-8H2,(H,13,14);1H/t10-;/m0./s1. The van der Waals surface area contributed by atoms with Crippen LogP contribution in [0.15, 0.2) is 30.3 Å². The summed E-state index contributed by atoms with van der Waals surface area (Å²) in [6.45, 7) is 1.31. The molecule has 15 heavy (non-hydrogen) atoms. The highest BCUT2D eigenvalue weighted by molar-refractivity contribution is 5.85. The molecule has 1 aliphatic heterocycles. The van der Waals surface area contributed by atoms with Gasteiger partial charge in [0.1, 0.15) is 0 Å². The zero-order valence-corrected chi connectivity index (χ0v) is 9.22. The van der Waals surface area contributed by atoms with Gasteiger partial charge in [0.25, 0.3) is 0 Å². The SMILES string of the molecule is Cl.O=C1CNC[C@H](Cc2ccccc2)N1. The molecule has 1 atom stereocenters. The summed E-state index contributed by atoms with van der Waals surface area (Å²) in [6, 6.07) is 10.4. The molecule has 2 N–H and O–H groups in total. The molecule has 1 saturated heterocycles. The van der Waals surface area contributed by atoms with Crippen molar-refractivity contribution in [1.82, 2.24) is 10.6 Å². The Morgan fingerprint density at radius 3 is 2.67 bits per heavy atom. The van der Waals surface area contributed by atoms with Gasteiger partial charge in [0.15, 0.2) is 0 Å². The van der Waals surface area contributed by atoms with Gasteiger partial charge in [0.05, 0.1) is 6.54 Å². The maximum atomic E-state index is 11.1. The first-order valence-electron chi connectivity index (χ1n) is 4.88. The largest absolute Gasteiger partial charge is 0.351 e. The molecule has 0 radical (unpaired) electrons. The molecule has 82 valence electrons. The Morgan fingerprint density at radius 1 is 1.27 bits per heavy atom. The Balaban J connectivity index is 0.00000112. The van der Waals surface area contributed by atoms with Gasteiger partial charge >= 0.3 is 0 Å². The van der Waals surface area contributed by atoms with E-state index < -0.39 is 0 Å². The number of piperazine rings is 1. The van der Waals surface area contributed by atoms with E-state index in [0.717, 1.165) is 13.0 Å². The first-order chi connectivity index (χ1) is 6.84. The van der Waals surface area contributed by atoms with Crippen LogP contribution in [-0.2, 0) is 11.2 Å². The lowest BCUT2D eigenvalue weighted by Crippen LogP contribution is -2.52. The van der Waals surface area contributed by atoms with E-state index in [1.54, 1.807) is 0 Å². The van der Waals surface area contributed by atoms with Crippen molar-refractivity contribution in [2.45, 2.75) is 12.5 Å². The van der Waals surface area contributed by atoms with Gasteiger partial charge in [-0.25, -0.2) is 0 Å². The van der Waals surface area contributed by atoms with Crippen molar-refractivity contribution in [3.8, 4) is 0 Å². The summed E-state index contributed by atoms with van der Waals surface area (Å²) < 4.78 is 0. The van der Waals surface area contributed by atoms with Crippen molar-refractivity contribution in [1.29, 1.82) is 0 Å². The third kappa shape index (κ3) is 3.53. The summed E-state index contributed by atoms with van der Waals surface area (Å²) in [4.78, 5) is 11.1. The van der Waals surface area contributed by atoms with E-state index in [0.29, 0.717) is 6.54 Å². The number of carbonyl (C=O) groups is 1. The third-order valence-electron chi connectivity index (χ3n) is 2.37. The predicted molar refractivity (Wildman–Crippen MR) is 62.2 cm³/mol. The van der Waals surface area contributed by atoms with E-state index in [9.17, 15) is 4.79 Å². The average Bonchev–Trinajstić information content (AvgIpc) is 2.19. The molecule has 0 aromatic heterocycles. The molecule has 4 heteroatoms. The monoisotopic (exact) mass is 226 g/mol. The first kappa shape index (κ1) is 12.0. The quantitative estimate of drug-likeness (QED) is 0.781. The van der Waals surface area contributed by atoms with Crippen LogP contribution in [0.1, 0.15) is 5.56 Å². The van der Waals surface area contributed by atoms with Crippen LogP contribution in [0, 0.1) is 0 Å². The lowest BCUT2D eigenvalue weighted by Gasteiger charge is -2.24. The molecular weight excluding hydrogens is 212 g/mol. The normalized spacial score (nSPS) is 20.3. The van der Waals surface area contributed by atoms with E-state index >= 15 is 0 Å². The van der Waals surface area contributed by atoms with E-state index in [1.807, 2.05) is 18.2 Å². The zero-order valence-electron chi connectivity index (χ0n) is 8.40. The minimum Gasteiger partial charge on any atom is -0.351 e. The lowest BCUT2D eigenvalue weighted by atomic mass is 10.0. The van der Waals surface area contributed by atoms with Crippen molar-refractivity contribution < 1.29 is 4.79 Å². The number of benzene rings is 1. The second kappa shape index (κ2) is 5.73. The van der Waals surface area contributed by atoms with Gasteiger partial charge in [-0.3, -0.25) is 4.79 Å². The topological polar surface area (TPSA) is 41.1 Å². The molecule has 0 saturated carbocycles. The van der Waals surface area contributed by atoms with Crippen molar-refractivity contribution in [2.75, 3.05) is 13.1 Å². The molecular formula is C11H15ClN2O. The summed E-state index contributed by atoms with van der Waals surface area (Å²) in [7, 11) is 0. The fourth-order valence-corrected chi connectivity index (χ4v) is 1.71. The molecule has 0 spiro atoms. The molecule has 1 aromatic rings. The van der Waals surface area contributed by atoms with Gasteiger partial charge in [-0.15, -0.1) is 12.4 Å². The Kier molecular flexibility index (Phi) is 4.59. The average molecular weight is 227 g/mol. The Morgan fingerprint density at radius 2 is 2.00 bits per heavy atom. The highest BCUT2D eigenvalue weighted by Crippen LogP contribution is 2.03. The third-order valence-corrected chi connectivity index (χ3v) is 2.37. The molecule has 1 fully saturated rings. The van der Waals surface area contributed by atoms with Crippen LogP contribution >= 0.6 is 12.4 Å².